The second-order valence-electron chi connectivity index (χ2n) is 0.896. The fraction of sp³-hybridized carbons (Fsp3) is 0. The average Bonchev–Trinajstić information content (AvgIpc) is 1.12. The van der Waals surface area contributed by atoms with Crippen LogP contribution in [0.2, 0.25) is 0 Å². The van der Waals surface area contributed by atoms with Crippen LogP contribution in [0, 0.1) is 0 Å². The molecule has 0 saturated carbocycles. The maximum absolute atomic E-state index is 8.74. The Morgan fingerprint density at radius 3 is 0.583 bits per heavy atom. The first-order chi connectivity index (χ1) is 4.00. The quantitative estimate of drug-likeness (QED) is 0.283. The van der Waals surface area contributed by atoms with Crippen molar-refractivity contribution in [2.45, 2.75) is 0 Å². The van der Waals surface area contributed by atoms with Crippen LogP contribution in [0.25, 0.3) is 0 Å². The molecule has 0 aliphatic rings. The minimum Gasteiger partial charge on any atom is -0.264 e. The van der Waals surface area contributed by atoms with E-state index in [0.717, 1.165) is 0 Å². The number of hydrogen-bond donors (Lipinski definition) is 4. The minimum absolute atomic E-state index is 0. The summed E-state index contributed by atoms with van der Waals surface area (Å²) in [5, 5.41) is 0. The largest absolute Gasteiger partial charge is 0.394 e. The summed E-state index contributed by atoms with van der Waals surface area (Å²) in [5.74, 6) is 0. The van der Waals surface area contributed by atoms with Crippen molar-refractivity contribution in [1.82, 2.24) is 0 Å². The Morgan fingerprint density at radius 2 is 0.583 bits per heavy atom. The van der Waals surface area contributed by atoms with Gasteiger partial charge in [0.25, 0.3) is 0 Å². The molecule has 12 heavy (non-hydrogen) atoms. The van der Waals surface area contributed by atoms with E-state index in [4.69, 9.17) is 35.0 Å². The topological polar surface area (TPSA) is 149 Å². The molecule has 12 heteroatoms. The smallest absolute Gasteiger partial charge is 0.264 e. The van der Waals surface area contributed by atoms with Crippen LogP contribution in [0.1, 0.15) is 0 Å². The summed E-state index contributed by atoms with van der Waals surface area (Å²) in [6.07, 6.45) is 0. The van der Waals surface area contributed by atoms with Crippen LogP contribution in [-0.2, 0) is 65.6 Å². The van der Waals surface area contributed by atoms with E-state index >= 15 is 0 Å². The van der Waals surface area contributed by atoms with Crippen LogP contribution in [0.3, 0.4) is 0 Å². The van der Waals surface area contributed by atoms with E-state index < -0.39 is 20.8 Å². The van der Waals surface area contributed by atoms with E-state index in [1.165, 1.54) is 0 Å². The predicted molar refractivity (Wildman–Crippen MR) is 28.4 cm³/mol. The van der Waals surface area contributed by atoms with Crippen molar-refractivity contribution in [3.05, 3.63) is 0 Å². The third-order valence-electron chi connectivity index (χ3n) is 0. The molecule has 0 aromatic heterocycles. The molecule has 0 heterocycles. The Balaban J connectivity index is -0.0000000457. The first-order valence-corrected chi connectivity index (χ1v) is 4.19. The molecule has 0 amide bonds. The van der Waals surface area contributed by atoms with Crippen molar-refractivity contribution in [3.8, 4) is 0 Å². The summed E-state index contributed by atoms with van der Waals surface area (Å²) >= 11 is 0. The van der Waals surface area contributed by atoms with Gasteiger partial charge in [0.1, 0.15) is 0 Å². The normalized spacial score (nSPS) is 9.67. The van der Waals surface area contributed by atoms with Gasteiger partial charge in [-0.15, -0.1) is 0 Å². The first-order valence-electron chi connectivity index (χ1n) is 1.40. The minimum atomic E-state index is -4.67. The third kappa shape index (κ3) is 787. The fourth-order valence-electron chi connectivity index (χ4n) is 0. The Hall–Kier alpha value is 1.22. The number of hydrogen-bond acceptors (Lipinski definition) is 4. The summed E-state index contributed by atoms with van der Waals surface area (Å²) in [7, 11) is -9.33. The van der Waals surface area contributed by atoms with Crippen LogP contribution < -0.4 is 0 Å². The molecule has 0 aliphatic carbocycles. The molecule has 0 spiro atoms. The standard InChI is InChI=1S/2Ag.2H2O4S/c;;2*1-5(2,3)4/h;;2*(H2,1,2,3,4). The monoisotopic (exact) mass is 410 g/mol. The van der Waals surface area contributed by atoms with Gasteiger partial charge >= 0.3 is 20.8 Å². The van der Waals surface area contributed by atoms with Gasteiger partial charge in [0, 0.05) is 44.8 Å². The molecule has 0 fully saturated rings. The van der Waals surface area contributed by atoms with Gasteiger partial charge in [-0.25, -0.2) is 0 Å². The molecule has 0 unspecified atom stereocenters. The molecule has 8 nitrogen and oxygen atoms in total. The molecule has 0 rings (SSSR count). The van der Waals surface area contributed by atoms with Gasteiger partial charge in [0.05, 0.1) is 0 Å². The zero-order valence-electron chi connectivity index (χ0n) is 4.84. The van der Waals surface area contributed by atoms with Crippen molar-refractivity contribution >= 4 is 20.8 Å². The summed E-state index contributed by atoms with van der Waals surface area (Å²) in [6, 6.07) is 0. The Morgan fingerprint density at radius 1 is 0.583 bits per heavy atom. The van der Waals surface area contributed by atoms with Crippen molar-refractivity contribution in [2.75, 3.05) is 0 Å². The van der Waals surface area contributed by atoms with Crippen LogP contribution in [-0.4, -0.2) is 35.0 Å². The van der Waals surface area contributed by atoms with Gasteiger partial charge in [-0.2, -0.15) is 16.8 Å². The van der Waals surface area contributed by atoms with Gasteiger partial charge in [-0.05, 0) is 0 Å². The fourth-order valence-corrected chi connectivity index (χ4v) is 0. The third-order valence-corrected chi connectivity index (χ3v) is 0. The molecule has 0 aromatic carbocycles. The predicted octanol–water partition coefficient (Wildman–Crippen LogP) is -1.31. The van der Waals surface area contributed by atoms with E-state index in [-0.39, 0.29) is 44.8 Å². The van der Waals surface area contributed by atoms with Crippen LogP contribution in [0.4, 0.5) is 0 Å². The molecule has 2 radical (unpaired) electrons. The summed E-state index contributed by atoms with van der Waals surface area (Å²) in [5.41, 5.74) is 0. The van der Waals surface area contributed by atoms with Crippen LogP contribution in [0.15, 0.2) is 0 Å². The Labute approximate surface area is 99.9 Å². The Bertz CT molecular complexity index is 211. The van der Waals surface area contributed by atoms with Gasteiger partial charge in [-0.3, -0.25) is 18.2 Å². The molecule has 4 N–H and O–H groups in total. The molecule has 0 saturated heterocycles. The van der Waals surface area contributed by atoms with Gasteiger partial charge in [-0.1, -0.05) is 0 Å². The van der Waals surface area contributed by atoms with Gasteiger partial charge in [0.2, 0.25) is 0 Å². The van der Waals surface area contributed by atoms with Crippen LogP contribution >= 0.6 is 0 Å². The second kappa shape index (κ2) is 8.80. The second-order valence-corrected chi connectivity index (χ2v) is 2.69. The van der Waals surface area contributed by atoms with Gasteiger partial charge < -0.3 is 0 Å². The van der Waals surface area contributed by atoms with Gasteiger partial charge in [0.15, 0.2) is 0 Å². The maximum atomic E-state index is 8.74. The molecular weight excluding hydrogens is 408 g/mol. The average molecular weight is 412 g/mol. The van der Waals surface area contributed by atoms with Crippen LogP contribution in [0.5, 0.6) is 0 Å². The van der Waals surface area contributed by atoms with E-state index in [1.54, 1.807) is 0 Å². The molecule has 0 aromatic rings. The summed E-state index contributed by atoms with van der Waals surface area (Å²) in [6.45, 7) is 0. The first kappa shape index (κ1) is 23.2. The Kier molecular flexibility index (Phi) is 17.0. The molecule has 0 bridgehead atoms. The maximum Gasteiger partial charge on any atom is 0.394 e. The molecule has 0 atom stereocenters. The zero-order valence-corrected chi connectivity index (χ0v) is 9.44. The van der Waals surface area contributed by atoms with Crippen molar-refractivity contribution in [2.24, 2.45) is 0 Å². The van der Waals surface area contributed by atoms with Crippen molar-refractivity contribution < 1.29 is 79.8 Å². The van der Waals surface area contributed by atoms with E-state index in [0.29, 0.717) is 0 Å². The van der Waals surface area contributed by atoms with E-state index in [9.17, 15) is 0 Å². The summed E-state index contributed by atoms with van der Waals surface area (Å²) in [4.78, 5) is 0. The zero-order chi connectivity index (χ0) is 9.00. The number of rotatable bonds is 0. The summed E-state index contributed by atoms with van der Waals surface area (Å²) < 4.78 is 63.2. The molecular formula is H4Ag2O8S2. The van der Waals surface area contributed by atoms with E-state index in [1.807, 2.05) is 0 Å². The van der Waals surface area contributed by atoms with Crippen molar-refractivity contribution in [3.63, 3.8) is 0 Å². The molecule has 0 aliphatic heterocycles. The van der Waals surface area contributed by atoms with Crippen molar-refractivity contribution in [1.29, 1.82) is 0 Å². The molecule has 86 valence electrons. The van der Waals surface area contributed by atoms with E-state index in [2.05, 4.69) is 0 Å². The SMILES string of the molecule is O=S(=O)(O)O.O=S(=O)(O)O.[Ag].[Ag].